The van der Waals surface area contributed by atoms with Crippen LogP contribution < -0.4 is 15.2 Å². The van der Waals surface area contributed by atoms with Crippen molar-refractivity contribution in [2.45, 2.75) is 25.3 Å². The zero-order chi connectivity index (χ0) is 27.5. The Morgan fingerprint density at radius 2 is 1.56 bits per heavy atom. The molecule has 4 aromatic rings. The number of halogens is 1. The lowest BCUT2D eigenvalue weighted by atomic mass is 9.90. The van der Waals surface area contributed by atoms with E-state index in [4.69, 9.17) is 15.2 Å². The van der Waals surface area contributed by atoms with E-state index in [-0.39, 0.29) is 24.1 Å². The third kappa shape index (κ3) is 8.42. The first-order chi connectivity index (χ1) is 19.0. The van der Waals surface area contributed by atoms with E-state index < -0.39 is 0 Å². The van der Waals surface area contributed by atoms with E-state index in [1.165, 1.54) is 24.3 Å². The van der Waals surface area contributed by atoms with Crippen molar-refractivity contribution in [2.75, 3.05) is 26.8 Å². The van der Waals surface area contributed by atoms with Crippen LogP contribution in [0.1, 0.15) is 34.6 Å². The van der Waals surface area contributed by atoms with E-state index in [1.54, 1.807) is 12.1 Å². The highest BCUT2D eigenvalue weighted by molar-refractivity contribution is 5.76. The Bertz CT molecular complexity index is 1290. The largest absolute Gasteiger partial charge is 0.497 e. The van der Waals surface area contributed by atoms with Gasteiger partial charge in [0, 0.05) is 37.2 Å². The van der Waals surface area contributed by atoms with Crippen molar-refractivity contribution in [3.8, 4) is 11.5 Å². The molecule has 0 saturated carbocycles. The molecule has 0 heterocycles. The van der Waals surface area contributed by atoms with Gasteiger partial charge in [0.25, 0.3) is 0 Å². The van der Waals surface area contributed by atoms with Crippen LogP contribution >= 0.6 is 0 Å². The standard InChI is InChI=1S/C33H35FN2O3/c1-38-29-17-16-28(32(34)22-29)23-36(18-9-19-39-30-15-8-10-25(20-30)21-33(35)37)24-31(26-11-4-2-5-12-26)27-13-6-3-7-14-27/h2-8,10-17,20,22,31H,9,18-19,21,23-24H2,1H3,(H2,35,37). The van der Waals surface area contributed by atoms with E-state index in [9.17, 15) is 9.18 Å². The van der Waals surface area contributed by atoms with Gasteiger partial charge in [-0.2, -0.15) is 0 Å². The van der Waals surface area contributed by atoms with Gasteiger partial charge in [-0.25, -0.2) is 4.39 Å². The molecule has 0 aliphatic heterocycles. The molecule has 0 atom stereocenters. The van der Waals surface area contributed by atoms with Crippen molar-refractivity contribution in [3.05, 3.63) is 131 Å². The fourth-order valence-corrected chi connectivity index (χ4v) is 4.72. The number of ether oxygens (including phenoxy) is 2. The van der Waals surface area contributed by atoms with E-state index in [1.807, 2.05) is 36.4 Å². The highest BCUT2D eigenvalue weighted by atomic mass is 19.1. The predicted molar refractivity (Wildman–Crippen MR) is 152 cm³/mol. The molecule has 0 radical (unpaired) electrons. The lowest BCUT2D eigenvalue weighted by Gasteiger charge is -2.29. The molecule has 1 amide bonds. The van der Waals surface area contributed by atoms with Crippen molar-refractivity contribution < 1.29 is 18.7 Å². The van der Waals surface area contributed by atoms with Gasteiger partial charge in [0.05, 0.1) is 20.1 Å². The van der Waals surface area contributed by atoms with Gasteiger partial charge in [-0.05, 0) is 41.3 Å². The first kappa shape index (κ1) is 27.9. The Kier molecular flexibility index (Phi) is 10.1. The van der Waals surface area contributed by atoms with E-state index in [0.717, 1.165) is 12.0 Å². The lowest BCUT2D eigenvalue weighted by Crippen LogP contribution is -2.31. The SMILES string of the molecule is COc1ccc(CN(CCCOc2cccc(CC(N)=O)c2)CC(c2ccccc2)c2ccccc2)c(F)c1. The van der Waals surface area contributed by atoms with Crippen molar-refractivity contribution >= 4 is 5.91 Å². The van der Waals surface area contributed by atoms with Crippen LogP contribution in [0.3, 0.4) is 0 Å². The summed E-state index contributed by atoms with van der Waals surface area (Å²) in [4.78, 5) is 13.5. The van der Waals surface area contributed by atoms with Gasteiger partial charge in [0.2, 0.25) is 5.91 Å². The summed E-state index contributed by atoms with van der Waals surface area (Å²) >= 11 is 0. The number of nitrogens with two attached hydrogens (primary N) is 1. The third-order valence-electron chi connectivity index (χ3n) is 6.66. The molecule has 2 N–H and O–H groups in total. The second kappa shape index (κ2) is 14.1. The predicted octanol–water partition coefficient (Wildman–Crippen LogP) is 5.97. The molecule has 4 rings (SSSR count). The van der Waals surface area contributed by atoms with Crippen LogP contribution in [0.25, 0.3) is 0 Å². The molecule has 0 aromatic heterocycles. The highest BCUT2D eigenvalue weighted by Gasteiger charge is 2.20. The van der Waals surface area contributed by atoms with E-state index >= 15 is 0 Å². The average molecular weight is 527 g/mol. The van der Waals surface area contributed by atoms with Crippen LogP contribution in [0.4, 0.5) is 4.39 Å². The molecule has 0 fully saturated rings. The maximum Gasteiger partial charge on any atom is 0.221 e. The number of rotatable bonds is 14. The topological polar surface area (TPSA) is 64.8 Å². The monoisotopic (exact) mass is 526 g/mol. The van der Waals surface area contributed by atoms with Crippen LogP contribution in [0.2, 0.25) is 0 Å². The number of amides is 1. The number of hydrogen-bond acceptors (Lipinski definition) is 4. The summed E-state index contributed by atoms with van der Waals surface area (Å²) in [5.41, 5.74) is 9.20. The Balaban J connectivity index is 1.50. The molecule has 202 valence electrons. The molecule has 39 heavy (non-hydrogen) atoms. The van der Waals surface area contributed by atoms with Gasteiger partial charge >= 0.3 is 0 Å². The second-order valence-corrected chi connectivity index (χ2v) is 9.56. The molecule has 0 aliphatic rings. The number of carbonyl (C=O) groups is 1. The smallest absolute Gasteiger partial charge is 0.221 e. The quantitative estimate of drug-likeness (QED) is 0.206. The summed E-state index contributed by atoms with van der Waals surface area (Å²) < 4.78 is 26.1. The zero-order valence-electron chi connectivity index (χ0n) is 22.3. The number of nitrogens with zero attached hydrogens (tertiary/aromatic N) is 1. The fourth-order valence-electron chi connectivity index (χ4n) is 4.72. The minimum atomic E-state index is -0.375. The molecule has 4 aromatic carbocycles. The first-order valence-electron chi connectivity index (χ1n) is 13.2. The van der Waals surface area contributed by atoms with Gasteiger partial charge in [-0.15, -0.1) is 0 Å². The van der Waals surface area contributed by atoms with Crippen LogP contribution in [-0.4, -0.2) is 37.6 Å². The van der Waals surface area contributed by atoms with Crippen LogP contribution in [0, 0.1) is 5.82 Å². The lowest BCUT2D eigenvalue weighted by molar-refractivity contribution is -0.117. The van der Waals surface area contributed by atoms with Crippen LogP contribution in [0.15, 0.2) is 103 Å². The molecule has 0 bridgehead atoms. The Morgan fingerprint density at radius 1 is 0.872 bits per heavy atom. The maximum absolute atomic E-state index is 15.0. The van der Waals surface area contributed by atoms with Gasteiger partial charge in [0.15, 0.2) is 0 Å². The minimum absolute atomic E-state index is 0.125. The van der Waals surface area contributed by atoms with Crippen molar-refractivity contribution in [1.82, 2.24) is 4.90 Å². The Hall–Kier alpha value is -4.16. The third-order valence-corrected chi connectivity index (χ3v) is 6.66. The number of carbonyl (C=O) groups excluding carboxylic acids is 1. The summed E-state index contributed by atoms with van der Waals surface area (Å²) in [6, 6.07) is 33.3. The molecule has 0 spiro atoms. The van der Waals surface area contributed by atoms with Crippen molar-refractivity contribution in [2.24, 2.45) is 5.73 Å². The number of benzene rings is 4. The molecule has 0 saturated heterocycles. The maximum atomic E-state index is 15.0. The van der Waals surface area contributed by atoms with Crippen molar-refractivity contribution in [3.63, 3.8) is 0 Å². The van der Waals surface area contributed by atoms with Gasteiger partial charge in [-0.3, -0.25) is 9.69 Å². The van der Waals surface area contributed by atoms with Crippen LogP contribution in [-0.2, 0) is 17.8 Å². The second-order valence-electron chi connectivity index (χ2n) is 9.56. The minimum Gasteiger partial charge on any atom is -0.497 e. The van der Waals surface area contributed by atoms with Gasteiger partial charge in [-0.1, -0.05) is 78.9 Å². The Labute approximate surface area is 230 Å². The number of methoxy groups -OCH3 is 1. The molecular formula is C33H35FN2O3. The normalized spacial score (nSPS) is 11.1. The van der Waals surface area contributed by atoms with Gasteiger partial charge < -0.3 is 15.2 Å². The number of hydrogen-bond donors (Lipinski definition) is 1. The first-order valence-corrected chi connectivity index (χ1v) is 13.2. The summed E-state index contributed by atoms with van der Waals surface area (Å²) in [6.07, 6.45) is 0.923. The molecule has 0 unspecified atom stereocenters. The Morgan fingerprint density at radius 3 is 2.18 bits per heavy atom. The summed E-state index contributed by atoms with van der Waals surface area (Å²) in [5.74, 6) is 0.673. The molecule has 5 nitrogen and oxygen atoms in total. The molecule has 0 aliphatic carbocycles. The fraction of sp³-hybridized carbons (Fsp3) is 0.242. The molecule has 6 heteroatoms. The van der Waals surface area contributed by atoms with Crippen molar-refractivity contribution in [1.29, 1.82) is 0 Å². The average Bonchev–Trinajstić information content (AvgIpc) is 2.95. The molecular weight excluding hydrogens is 491 g/mol. The van der Waals surface area contributed by atoms with Gasteiger partial charge in [0.1, 0.15) is 17.3 Å². The summed E-state index contributed by atoms with van der Waals surface area (Å²) in [7, 11) is 1.54. The number of primary amides is 1. The van der Waals surface area contributed by atoms with E-state index in [0.29, 0.717) is 43.3 Å². The summed E-state index contributed by atoms with van der Waals surface area (Å²) in [5, 5.41) is 0. The highest BCUT2D eigenvalue weighted by Crippen LogP contribution is 2.27. The van der Waals surface area contributed by atoms with Crippen LogP contribution in [0.5, 0.6) is 11.5 Å². The van der Waals surface area contributed by atoms with E-state index in [2.05, 4.69) is 53.4 Å². The summed E-state index contributed by atoms with van der Waals surface area (Å²) in [6.45, 7) is 2.37. The zero-order valence-corrected chi connectivity index (χ0v) is 22.3.